The number of carbonyl (C=O) groups excluding carboxylic acids is 3. The Morgan fingerprint density at radius 3 is 2.22 bits per heavy atom. The Morgan fingerprint density at radius 1 is 1.05 bits per heavy atom. The van der Waals surface area contributed by atoms with Gasteiger partial charge in [-0.1, -0.05) is 42.3 Å². The minimum atomic E-state index is -0.980. The number of terminal acetylenes is 1. The number of hydrogen-bond acceptors (Lipinski definition) is 4. The fourth-order valence-corrected chi connectivity index (χ4v) is 4.44. The molecule has 0 saturated heterocycles. The van der Waals surface area contributed by atoms with Crippen LogP contribution in [0.1, 0.15) is 75.3 Å². The van der Waals surface area contributed by atoms with Crippen LogP contribution < -0.4 is 10.6 Å². The van der Waals surface area contributed by atoms with E-state index in [0.29, 0.717) is 16.8 Å². The molecule has 2 unspecified atom stereocenters. The smallest absolute Gasteiger partial charge is 0.408 e. The quantitative estimate of drug-likeness (QED) is 0.505. The zero-order chi connectivity index (χ0) is 27.3. The maximum atomic E-state index is 14.0. The van der Waals surface area contributed by atoms with Crippen molar-refractivity contribution in [2.24, 2.45) is 0 Å². The number of nitrogens with zero attached hydrogens (tertiary/aromatic N) is 1. The van der Waals surface area contributed by atoms with E-state index >= 15 is 0 Å². The standard InChI is InChI=1S/C30H37N3O4/c1-8-22-15-9-10-18-24(22)26(27(34)32-25-19(2)13-11-14-20(25)3)33(23-16-12-17-23)28(35)21(4)31-29(36)37-30(5,6)7/h1,9-11,13-15,18,21,23,26H,12,16-17H2,2-7H3,(H,31,36)(H,32,34). The number of hydrogen-bond donors (Lipinski definition) is 2. The molecule has 1 fully saturated rings. The van der Waals surface area contributed by atoms with Gasteiger partial charge in [-0.15, -0.1) is 6.42 Å². The molecule has 2 aromatic rings. The molecule has 2 N–H and O–H groups in total. The van der Waals surface area contributed by atoms with Crippen LogP contribution in [-0.2, 0) is 14.3 Å². The Labute approximate surface area is 220 Å². The van der Waals surface area contributed by atoms with Gasteiger partial charge in [0, 0.05) is 17.3 Å². The molecule has 1 aliphatic rings. The Bertz CT molecular complexity index is 1180. The van der Waals surface area contributed by atoms with Crippen LogP contribution in [0.25, 0.3) is 0 Å². The van der Waals surface area contributed by atoms with Crippen LogP contribution in [0.5, 0.6) is 0 Å². The Hall–Kier alpha value is -3.79. The number of anilines is 1. The van der Waals surface area contributed by atoms with Gasteiger partial charge in [0.1, 0.15) is 17.7 Å². The van der Waals surface area contributed by atoms with Gasteiger partial charge >= 0.3 is 6.09 Å². The van der Waals surface area contributed by atoms with Crippen molar-refractivity contribution < 1.29 is 19.1 Å². The molecule has 196 valence electrons. The summed E-state index contributed by atoms with van der Waals surface area (Å²) in [6.45, 7) is 10.7. The lowest BCUT2D eigenvalue weighted by Gasteiger charge is -2.43. The molecular formula is C30H37N3O4. The highest BCUT2D eigenvalue weighted by Gasteiger charge is 2.41. The number of ether oxygens (including phenoxy) is 1. The summed E-state index contributed by atoms with van der Waals surface area (Å²) in [7, 11) is 0. The molecule has 37 heavy (non-hydrogen) atoms. The Morgan fingerprint density at radius 2 is 1.68 bits per heavy atom. The van der Waals surface area contributed by atoms with Gasteiger partial charge in [0.2, 0.25) is 5.91 Å². The summed E-state index contributed by atoms with van der Waals surface area (Å²) in [5, 5.41) is 5.70. The van der Waals surface area contributed by atoms with E-state index in [9.17, 15) is 14.4 Å². The lowest BCUT2D eigenvalue weighted by molar-refractivity contribution is -0.145. The number of benzene rings is 2. The van der Waals surface area contributed by atoms with Crippen molar-refractivity contribution in [3.63, 3.8) is 0 Å². The number of aryl methyl sites for hydroxylation is 2. The average Bonchev–Trinajstić information content (AvgIpc) is 2.78. The van der Waals surface area contributed by atoms with Crippen molar-refractivity contribution in [3.8, 4) is 12.3 Å². The number of rotatable bonds is 7. The zero-order valence-electron chi connectivity index (χ0n) is 22.6. The molecule has 3 amide bonds. The minimum Gasteiger partial charge on any atom is -0.444 e. The normalized spacial score (nSPS) is 14.9. The van der Waals surface area contributed by atoms with Crippen LogP contribution in [0.2, 0.25) is 0 Å². The topological polar surface area (TPSA) is 87.7 Å². The SMILES string of the molecule is C#Cc1ccccc1C(C(=O)Nc1c(C)cccc1C)N(C(=O)C(C)NC(=O)OC(C)(C)C)C1CCC1. The largest absolute Gasteiger partial charge is 0.444 e. The molecule has 1 saturated carbocycles. The summed E-state index contributed by atoms with van der Waals surface area (Å²) in [5.74, 6) is 1.94. The molecule has 0 heterocycles. The Kier molecular flexibility index (Phi) is 8.65. The van der Waals surface area contributed by atoms with Gasteiger partial charge in [0.15, 0.2) is 0 Å². The van der Waals surface area contributed by atoms with E-state index in [-0.39, 0.29) is 17.9 Å². The molecular weight excluding hydrogens is 466 g/mol. The van der Waals surface area contributed by atoms with E-state index in [1.54, 1.807) is 56.9 Å². The van der Waals surface area contributed by atoms with Crippen molar-refractivity contribution in [1.29, 1.82) is 0 Å². The number of nitrogens with one attached hydrogen (secondary N) is 2. The first-order chi connectivity index (χ1) is 17.4. The molecule has 7 heteroatoms. The third-order valence-corrected chi connectivity index (χ3v) is 6.49. The van der Waals surface area contributed by atoms with Gasteiger partial charge in [-0.25, -0.2) is 4.79 Å². The number of alkyl carbamates (subject to hydrolysis) is 1. The summed E-state index contributed by atoms with van der Waals surface area (Å²) < 4.78 is 5.35. The van der Waals surface area contributed by atoms with E-state index in [1.165, 1.54) is 0 Å². The highest BCUT2D eigenvalue weighted by atomic mass is 16.6. The summed E-state index contributed by atoms with van der Waals surface area (Å²) in [4.78, 5) is 42.0. The first-order valence-electron chi connectivity index (χ1n) is 12.7. The fourth-order valence-electron chi connectivity index (χ4n) is 4.44. The zero-order valence-corrected chi connectivity index (χ0v) is 22.6. The lowest BCUT2D eigenvalue weighted by Crippen LogP contribution is -2.56. The predicted molar refractivity (Wildman–Crippen MR) is 145 cm³/mol. The van der Waals surface area contributed by atoms with Gasteiger partial charge in [-0.3, -0.25) is 9.59 Å². The van der Waals surface area contributed by atoms with Gasteiger partial charge < -0.3 is 20.3 Å². The second kappa shape index (κ2) is 11.5. The van der Waals surface area contributed by atoms with E-state index in [1.807, 2.05) is 32.0 Å². The van der Waals surface area contributed by atoms with Crippen molar-refractivity contribution in [2.45, 2.75) is 84.5 Å². The van der Waals surface area contributed by atoms with E-state index < -0.39 is 23.8 Å². The average molecular weight is 504 g/mol. The summed E-state index contributed by atoms with van der Waals surface area (Å²) in [6, 6.07) is 10.9. The fraction of sp³-hybridized carbons (Fsp3) is 0.433. The van der Waals surface area contributed by atoms with Gasteiger partial charge in [0.25, 0.3) is 5.91 Å². The molecule has 2 atom stereocenters. The van der Waals surface area contributed by atoms with Crippen LogP contribution in [-0.4, -0.2) is 40.5 Å². The van der Waals surface area contributed by atoms with Crippen LogP contribution in [0.3, 0.4) is 0 Å². The highest BCUT2D eigenvalue weighted by Crippen LogP contribution is 2.36. The van der Waals surface area contributed by atoms with Crippen molar-refractivity contribution in [3.05, 3.63) is 64.7 Å². The minimum absolute atomic E-state index is 0.157. The first-order valence-corrected chi connectivity index (χ1v) is 12.7. The monoisotopic (exact) mass is 503 g/mol. The highest BCUT2D eigenvalue weighted by molar-refractivity contribution is 6.00. The van der Waals surface area contributed by atoms with Crippen molar-refractivity contribution in [2.75, 3.05) is 5.32 Å². The maximum Gasteiger partial charge on any atom is 0.408 e. The van der Waals surface area contributed by atoms with Gasteiger partial charge in [-0.2, -0.15) is 0 Å². The maximum absolute atomic E-state index is 14.0. The van der Waals surface area contributed by atoms with Crippen LogP contribution in [0, 0.1) is 26.2 Å². The molecule has 2 aromatic carbocycles. The molecule has 7 nitrogen and oxygen atoms in total. The van der Waals surface area contributed by atoms with E-state index in [2.05, 4.69) is 16.6 Å². The van der Waals surface area contributed by atoms with Gasteiger partial charge in [-0.05, 0) is 83.6 Å². The molecule has 1 aliphatic carbocycles. The Balaban J connectivity index is 2.03. The lowest BCUT2D eigenvalue weighted by atomic mass is 9.87. The number of amides is 3. The molecule has 0 aromatic heterocycles. The molecule has 0 aliphatic heterocycles. The summed E-state index contributed by atoms with van der Waals surface area (Å²) in [6.07, 6.45) is 7.59. The molecule has 0 spiro atoms. The molecule has 3 rings (SSSR count). The first kappa shape index (κ1) is 27.8. The second-order valence-electron chi connectivity index (χ2n) is 10.6. The molecule has 0 bridgehead atoms. The second-order valence-corrected chi connectivity index (χ2v) is 10.6. The van der Waals surface area contributed by atoms with E-state index in [4.69, 9.17) is 11.2 Å². The van der Waals surface area contributed by atoms with Crippen LogP contribution in [0.4, 0.5) is 10.5 Å². The summed E-state index contributed by atoms with van der Waals surface area (Å²) in [5.41, 5.74) is 2.93. The third kappa shape index (κ3) is 6.71. The van der Waals surface area contributed by atoms with Crippen molar-refractivity contribution in [1.82, 2.24) is 10.2 Å². The predicted octanol–water partition coefficient (Wildman–Crippen LogP) is 5.26. The van der Waals surface area contributed by atoms with E-state index in [0.717, 1.165) is 30.4 Å². The van der Waals surface area contributed by atoms with Crippen molar-refractivity contribution >= 4 is 23.6 Å². The number of para-hydroxylation sites is 1. The summed E-state index contributed by atoms with van der Waals surface area (Å²) >= 11 is 0. The molecule has 0 radical (unpaired) electrons. The number of carbonyl (C=O) groups is 3. The van der Waals surface area contributed by atoms with Gasteiger partial charge in [0.05, 0.1) is 0 Å². The third-order valence-electron chi connectivity index (χ3n) is 6.49. The van der Waals surface area contributed by atoms with Crippen LogP contribution >= 0.6 is 0 Å². The van der Waals surface area contributed by atoms with Crippen LogP contribution in [0.15, 0.2) is 42.5 Å².